The number of likely N-dealkylation sites (N-methyl/N-ethyl adjacent to an activating group) is 1. The van der Waals surface area contributed by atoms with Crippen molar-refractivity contribution in [3.05, 3.63) is 105 Å². The van der Waals surface area contributed by atoms with Crippen molar-refractivity contribution >= 4 is 23.1 Å². The lowest BCUT2D eigenvalue weighted by Gasteiger charge is -2.40. The van der Waals surface area contributed by atoms with Crippen LogP contribution < -0.4 is 15.4 Å². The van der Waals surface area contributed by atoms with Crippen LogP contribution in [0.4, 0.5) is 13.2 Å². The maximum Gasteiger partial charge on any atom is 0.252 e. The van der Waals surface area contributed by atoms with E-state index in [0.717, 1.165) is 52.9 Å². The van der Waals surface area contributed by atoms with Gasteiger partial charge in [0, 0.05) is 42.8 Å². The molecule has 2 bridgehead atoms. The number of carbonyl (C=O) groups excluding carboxylic acids is 1. The zero-order valence-corrected chi connectivity index (χ0v) is 23.6. The van der Waals surface area contributed by atoms with Gasteiger partial charge in [-0.05, 0) is 66.6 Å². The molecule has 5 rings (SSSR count). The summed E-state index contributed by atoms with van der Waals surface area (Å²) in [5, 5.41) is 7.71. The number of piperazine rings is 1. The van der Waals surface area contributed by atoms with Crippen LogP contribution in [0.1, 0.15) is 36.5 Å². The Morgan fingerprint density at radius 3 is 2.54 bits per heavy atom. The van der Waals surface area contributed by atoms with Crippen molar-refractivity contribution in [1.29, 1.82) is 0 Å². The molecule has 2 atom stereocenters. The molecule has 0 aromatic heterocycles. The zero-order valence-electron chi connectivity index (χ0n) is 22.9. The van der Waals surface area contributed by atoms with Gasteiger partial charge in [0.15, 0.2) is 17.4 Å². The highest BCUT2D eigenvalue weighted by atomic mass is 35.5. The van der Waals surface area contributed by atoms with Crippen LogP contribution >= 0.6 is 11.6 Å². The number of aryl methyl sites for hydroxylation is 1. The molecule has 0 radical (unpaired) electrons. The second-order valence-corrected chi connectivity index (χ2v) is 10.8. The van der Waals surface area contributed by atoms with Gasteiger partial charge in [-0.15, -0.1) is 0 Å². The summed E-state index contributed by atoms with van der Waals surface area (Å²) in [7, 11) is 0. The minimum Gasteiger partial charge on any atom is -0.488 e. The molecule has 2 heterocycles. The van der Waals surface area contributed by atoms with Gasteiger partial charge in [0.2, 0.25) is 5.82 Å². The molecular weight excluding hydrogens is 551 g/mol. The molecule has 216 valence electrons. The Hall–Kier alpha value is -3.33. The third-order valence-electron chi connectivity index (χ3n) is 7.68. The number of benzene rings is 3. The fraction of sp³-hybridized carbons (Fsp3) is 0.344. The summed E-state index contributed by atoms with van der Waals surface area (Å²) in [6.07, 6.45) is 1.84. The number of hydrogen-bond acceptors (Lipinski definition) is 4. The van der Waals surface area contributed by atoms with Gasteiger partial charge in [-0.25, -0.2) is 8.78 Å². The summed E-state index contributed by atoms with van der Waals surface area (Å²) in [6.45, 7) is 4.51. The molecule has 41 heavy (non-hydrogen) atoms. The Labute approximate surface area is 243 Å². The number of ether oxygens (including phenoxy) is 1. The first-order valence-electron chi connectivity index (χ1n) is 13.9. The molecule has 0 aliphatic carbocycles. The predicted molar refractivity (Wildman–Crippen MR) is 154 cm³/mol. The summed E-state index contributed by atoms with van der Waals surface area (Å²) in [6, 6.07) is 17.4. The van der Waals surface area contributed by atoms with E-state index in [1.165, 1.54) is 0 Å². The largest absolute Gasteiger partial charge is 0.488 e. The molecule has 2 N–H and O–H groups in total. The van der Waals surface area contributed by atoms with Crippen molar-refractivity contribution in [2.45, 2.75) is 44.8 Å². The quantitative estimate of drug-likeness (QED) is 0.230. The SMILES string of the molecule is CCN(Cc1ccccc1Cl)C(=O)C1=C(c2ccc(CCCOc3c(F)ccc(F)c3F)cc2)C[C@@H]2CNC[C@H]1N2. The van der Waals surface area contributed by atoms with Gasteiger partial charge in [-0.3, -0.25) is 4.79 Å². The van der Waals surface area contributed by atoms with Crippen LogP contribution in [-0.4, -0.2) is 49.1 Å². The minimum atomic E-state index is -1.32. The summed E-state index contributed by atoms with van der Waals surface area (Å²) in [5.41, 5.74) is 4.77. The summed E-state index contributed by atoms with van der Waals surface area (Å²) >= 11 is 6.41. The lowest BCUT2D eigenvalue weighted by molar-refractivity contribution is -0.128. The summed E-state index contributed by atoms with van der Waals surface area (Å²) in [4.78, 5) is 15.9. The van der Waals surface area contributed by atoms with Crippen LogP contribution in [-0.2, 0) is 17.8 Å². The summed E-state index contributed by atoms with van der Waals surface area (Å²) in [5.74, 6) is -4.08. The van der Waals surface area contributed by atoms with E-state index in [4.69, 9.17) is 16.3 Å². The normalized spacial score (nSPS) is 18.4. The van der Waals surface area contributed by atoms with E-state index in [1.54, 1.807) is 0 Å². The first-order valence-corrected chi connectivity index (χ1v) is 14.3. The van der Waals surface area contributed by atoms with Gasteiger partial charge in [-0.1, -0.05) is 54.1 Å². The second kappa shape index (κ2) is 13.1. The highest BCUT2D eigenvalue weighted by Crippen LogP contribution is 2.33. The van der Waals surface area contributed by atoms with E-state index in [-0.39, 0.29) is 24.6 Å². The average molecular weight is 584 g/mol. The van der Waals surface area contributed by atoms with Gasteiger partial charge in [-0.2, -0.15) is 4.39 Å². The van der Waals surface area contributed by atoms with Gasteiger partial charge < -0.3 is 20.3 Å². The van der Waals surface area contributed by atoms with Crippen LogP contribution in [0.3, 0.4) is 0 Å². The molecule has 3 aromatic rings. The lowest BCUT2D eigenvalue weighted by Crippen LogP contribution is -2.59. The molecule has 5 nitrogen and oxygen atoms in total. The summed E-state index contributed by atoms with van der Waals surface area (Å²) < 4.78 is 46.2. The number of nitrogens with one attached hydrogen (secondary N) is 2. The van der Waals surface area contributed by atoms with E-state index < -0.39 is 23.2 Å². The highest BCUT2D eigenvalue weighted by Gasteiger charge is 2.37. The van der Waals surface area contributed by atoms with E-state index in [9.17, 15) is 18.0 Å². The van der Waals surface area contributed by atoms with Crippen LogP contribution in [0.25, 0.3) is 5.57 Å². The Morgan fingerprint density at radius 1 is 1.02 bits per heavy atom. The number of hydrogen-bond donors (Lipinski definition) is 2. The molecule has 0 unspecified atom stereocenters. The molecule has 0 spiro atoms. The monoisotopic (exact) mass is 583 g/mol. The number of carbonyl (C=O) groups is 1. The van der Waals surface area contributed by atoms with Crippen molar-refractivity contribution < 1.29 is 22.7 Å². The van der Waals surface area contributed by atoms with Gasteiger partial charge in [0.05, 0.1) is 12.6 Å². The average Bonchev–Trinajstić information content (AvgIpc) is 2.98. The number of nitrogens with zero attached hydrogens (tertiary/aromatic N) is 1. The molecule has 2 aliphatic heterocycles. The Bertz CT molecular complexity index is 1430. The van der Waals surface area contributed by atoms with Crippen LogP contribution in [0.5, 0.6) is 5.75 Å². The van der Waals surface area contributed by atoms with Gasteiger partial charge in [0.1, 0.15) is 0 Å². The number of rotatable bonds is 10. The molecule has 1 amide bonds. The molecule has 1 fully saturated rings. The zero-order chi connectivity index (χ0) is 28.9. The van der Waals surface area contributed by atoms with Crippen LogP contribution in [0.2, 0.25) is 5.02 Å². The molecule has 0 saturated carbocycles. The first-order chi connectivity index (χ1) is 19.9. The number of fused-ring (bicyclic) bond motifs is 2. The molecule has 9 heteroatoms. The van der Waals surface area contributed by atoms with Gasteiger partial charge >= 0.3 is 0 Å². The second-order valence-electron chi connectivity index (χ2n) is 10.4. The van der Waals surface area contributed by atoms with E-state index in [2.05, 4.69) is 10.6 Å². The van der Waals surface area contributed by atoms with Crippen molar-refractivity contribution in [2.75, 3.05) is 26.2 Å². The van der Waals surface area contributed by atoms with Crippen molar-refractivity contribution in [3.8, 4) is 5.75 Å². The van der Waals surface area contributed by atoms with Crippen molar-refractivity contribution in [3.63, 3.8) is 0 Å². The third-order valence-corrected chi connectivity index (χ3v) is 8.05. The van der Waals surface area contributed by atoms with Crippen LogP contribution in [0.15, 0.2) is 66.2 Å². The highest BCUT2D eigenvalue weighted by molar-refractivity contribution is 6.31. The minimum absolute atomic E-state index is 0.000100. The third kappa shape index (κ3) is 6.61. The lowest BCUT2D eigenvalue weighted by atomic mass is 9.83. The van der Waals surface area contributed by atoms with E-state index in [1.807, 2.05) is 60.4 Å². The van der Waals surface area contributed by atoms with Crippen LogP contribution in [0, 0.1) is 17.5 Å². The van der Waals surface area contributed by atoms with E-state index in [0.29, 0.717) is 37.5 Å². The molecule has 3 aromatic carbocycles. The Morgan fingerprint density at radius 2 is 1.78 bits per heavy atom. The Balaban J connectivity index is 1.31. The predicted octanol–water partition coefficient (Wildman–Crippen LogP) is 5.90. The maximum atomic E-state index is 14.0. The smallest absolute Gasteiger partial charge is 0.252 e. The van der Waals surface area contributed by atoms with Gasteiger partial charge in [0.25, 0.3) is 5.91 Å². The molecule has 1 saturated heterocycles. The van der Waals surface area contributed by atoms with Crippen molar-refractivity contribution in [1.82, 2.24) is 15.5 Å². The fourth-order valence-corrected chi connectivity index (χ4v) is 5.73. The topological polar surface area (TPSA) is 53.6 Å². The number of amides is 1. The maximum absolute atomic E-state index is 14.0. The van der Waals surface area contributed by atoms with E-state index >= 15 is 0 Å². The fourth-order valence-electron chi connectivity index (χ4n) is 5.53. The number of halogens is 4. The molecular formula is C32H33ClF3N3O2. The molecule has 2 aliphatic rings. The standard InChI is InChI=1S/C32H33ClF3N3O2/c1-2-39(19-22-7-3-4-8-25(22)33)32(40)29-24(16-23-17-37-18-28(29)38-23)21-11-9-20(10-12-21)6-5-15-41-31-27(35)14-13-26(34)30(31)36/h3-4,7-14,23,28,37-38H,2,5-6,15-19H2,1H3/t23-,28-/m1/s1. The Kier molecular flexibility index (Phi) is 9.32. The van der Waals surface area contributed by atoms with Crippen molar-refractivity contribution in [2.24, 2.45) is 0 Å². The first kappa shape index (κ1) is 29.2.